The lowest BCUT2D eigenvalue weighted by molar-refractivity contribution is 0.320. The summed E-state index contributed by atoms with van der Waals surface area (Å²) < 4.78 is 5.92. The van der Waals surface area contributed by atoms with E-state index in [2.05, 4.69) is 46.4 Å². The van der Waals surface area contributed by atoms with Crippen molar-refractivity contribution in [2.24, 2.45) is 0 Å². The normalized spacial score (nSPS) is 10.8. The largest absolute Gasteiger partial charge is 0.493 e. The minimum absolute atomic E-state index is 0.620. The Bertz CT molecular complexity index is 944. The first-order valence-electron chi connectivity index (χ1n) is 8.09. The Labute approximate surface area is 140 Å². The number of pyridine rings is 1. The molecule has 4 aromatic rings. The van der Waals surface area contributed by atoms with Gasteiger partial charge in [-0.2, -0.15) is 0 Å². The van der Waals surface area contributed by atoms with E-state index in [-0.39, 0.29) is 0 Å². The summed E-state index contributed by atoms with van der Waals surface area (Å²) in [5.74, 6) is 0.885. The van der Waals surface area contributed by atoms with Crippen molar-refractivity contribution in [1.29, 1.82) is 0 Å². The molecule has 0 atom stereocenters. The van der Waals surface area contributed by atoms with Crippen molar-refractivity contribution in [1.82, 2.24) is 9.97 Å². The summed E-state index contributed by atoms with van der Waals surface area (Å²) in [4.78, 5) is 7.58. The molecule has 2 heterocycles. The molecular weight excluding hydrogens is 296 g/mol. The molecule has 0 amide bonds. The van der Waals surface area contributed by atoms with E-state index in [9.17, 15) is 0 Å². The van der Waals surface area contributed by atoms with Crippen molar-refractivity contribution >= 4 is 10.9 Å². The second-order valence-electron chi connectivity index (χ2n) is 5.69. The van der Waals surface area contributed by atoms with Gasteiger partial charge in [-0.3, -0.25) is 4.98 Å². The molecule has 2 aromatic carbocycles. The maximum Gasteiger partial charge on any atom is 0.119 e. The number of hydrogen-bond donors (Lipinski definition) is 1. The van der Waals surface area contributed by atoms with E-state index in [1.165, 1.54) is 10.9 Å². The number of nitrogens with one attached hydrogen (secondary N) is 1. The molecule has 0 unspecified atom stereocenters. The van der Waals surface area contributed by atoms with E-state index < -0.39 is 0 Å². The molecule has 0 saturated carbocycles. The third-order valence-electron chi connectivity index (χ3n) is 4.09. The average Bonchev–Trinajstić information content (AvgIpc) is 3.12. The third kappa shape index (κ3) is 3.01. The summed E-state index contributed by atoms with van der Waals surface area (Å²) in [5.41, 5.74) is 4.57. The van der Waals surface area contributed by atoms with Crippen LogP contribution in [0.1, 0.15) is 5.69 Å². The molecule has 0 spiro atoms. The monoisotopic (exact) mass is 314 g/mol. The van der Waals surface area contributed by atoms with Crippen molar-refractivity contribution in [2.45, 2.75) is 6.42 Å². The molecule has 1 N–H and O–H groups in total. The predicted molar refractivity (Wildman–Crippen MR) is 97.2 cm³/mol. The van der Waals surface area contributed by atoms with Crippen LogP contribution in [0.4, 0.5) is 0 Å². The van der Waals surface area contributed by atoms with Gasteiger partial charge in [-0.25, -0.2) is 0 Å². The lowest BCUT2D eigenvalue weighted by Gasteiger charge is -2.09. The van der Waals surface area contributed by atoms with Gasteiger partial charge >= 0.3 is 0 Å². The molecule has 3 heteroatoms. The number of nitrogens with zero attached hydrogens (tertiary/aromatic N) is 1. The van der Waals surface area contributed by atoms with E-state index in [0.29, 0.717) is 6.61 Å². The van der Waals surface area contributed by atoms with Crippen LogP contribution in [0.5, 0.6) is 5.75 Å². The first-order chi connectivity index (χ1) is 11.9. The maximum absolute atomic E-state index is 5.92. The predicted octanol–water partition coefficient (Wildman–Crippen LogP) is 4.85. The van der Waals surface area contributed by atoms with Gasteiger partial charge in [0.15, 0.2) is 0 Å². The van der Waals surface area contributed by atoms with Gasteiger partial charge in [-0.05, 0) is 47.5 Å². The second-order valence-corrected chi connectivity index (χ2v) is 5.69. The Morgan fingerprint density at radius 2 is 1.88 bits per heavy atom. The van der Waals surface area contributed by atoms with E-state index in [4.69, 9.17) is 4.74 Å². The number of H-pyrrole nitrogens is 1. The highest BCUT2D eigenvalue weighted by Gasteiger charge is 2.05. The van der Waals surface area contributed by atoms with Gasteiger partial charge in [-0.1, -0.05) is 30.3 Å². The smallest absolute Gasteiger partial charge is 0.119 e. The van der Waals surface area contributed by atoms with Crippen molar-refractivity contribution in [3.05, 3.63) is 84.8 Å². The number of fused-ring (bicyclic) bond motifs is 1. The molecule has 4 rings (SSSR count). The molecule has 0 aliphatic carbocycles. The number of ether oxygens (including phenoxy) is 1. The zero-order valence-corrected chi connectivity index (χ0v) is 13.3. The highest BCUT2D eigenvalue weighted by molar-refractivity contribution is 5.95. The van der Waals surface area contributed by atoms with Crippen LogP contribution in [-0.2, 0) is 6.42 Å². The molecule has 0 aliphatic rings. The topological polar surface area (TPSA) is 37.9 Å². The van der Waals surface area contributed by atoms with Crippen LogP contribution in [0, 0.1) is 0 Å². The standard InChI is InChI=1S/C21H18N2O/c1-2-12-22-17(6-1)11-14-24-18-7-3-5-16(15-18)19-8-4-9-21-20(19)10-13-23-21/h1-10,12-13,15,23H,11,14H2. The summed E-state index contributed by atoms with van der Waals surface area (Å²) in [6.45, 7) is 0.620. The number of rotatable bonds is 5. The Kier molecular flexibility index (Phi) is 3.98. The minimum Gasteiger partial charge on any atom is -0.493 e. The summed E-state index contributed by atoms with van der Waals surface area (Å²) in [6.07, 6.45) is 4.59. The van der Waals surface area contributed by atoms with Gasteiger partial charge in [0.1, 0.15) is 5.75 Å². The molecule has 0 radical (unpaired) electrons. The minimum atomic E-state index is 0.620. The zero-order valence-electron chi connectivity index (χ0n) is 13.3. The van der Waals surface area contributed by atoms with Gasteiger partial charge in [0.25, 0.3) is 0 Å². The van der Waals surface area contributed by atoms with Crippen LogP contribution in [0.2, 0.25) is 0 Å². The van der Waals surface area contributed by atoms with Crippen LogP contribution >= 0.6 is 0 Å². The Hall–Kier alpha value is -3.07. The lowest BCUT2D eigenvalue weighted by atomic mass is 10.0. The summed E-state index contributed by atoms with van der Waals surface area (Å²) >= 11 is 0. The summed E-state index contributed by atoms with van der Waals surface area (Å²) in [6, 6.07) is 22.6. The number of aromatic nitrogens is 2. The number of hydrogen-bond acceptors (Lipinski definition) is 2. The molecular formula is C21H18N2O. The van der Waals surface area contributed by atoms with Crippen LogP contribution in [0.25, 0.3) is 22.0 Å². The Morgan fingerprint density at radius 3 is 2.79 bits per heavy atom. The van der Waals surface area contributed by atoms with E-state index >= 15 is 0 Å². The fourth-order valence-electron chi connectivity index (χ4n) is 2.91. The molecule has 24 heavy (non-hydrogen) atoms. The maximum atomic E-state index is 5.92. The van der Waals surface area contributed by atoms with Gasteiger partial charge in [0.2, 0.25) is 0 Å². The van der Waals surface area contributed by atoms with Gasteiger partial charge in [-0.15, -0.1) is 0 Å². The van der Waals surface area contributed by atoms with E-state index in [0.717, 1.165) is 28.9 Å². The molecule has 0 aliphatic heterocycles. The van der Waals surface area contributed by atoms with E-state index in [1.807, 2.05) is 42.7 Å². The van der Waals surface area contributed by atoms with Crippen molar-refractivity contribution < 1.29 is 4.74 Å². The molecule has 118 valence electrons. The van der Waals surface area contributed by atoms with Crippen LogP contribution < -0.4 is 4.74 Å². The average molecular weight is 314 g/mol. The second kappa shape index (κ2) is 6.59. The van der Waals surface area contributed by atoms with Gasteiger partial charge in [0.05, 0.1) is 6.61 Å². The fourth-order valence-corrected chi connectivity index (χ4v) is 2.91. The third-order valence-corrected chi connectivity index (χ3v) is 4.09. The van der Waals surface area contributed by atoms with Gasteiger partial charge in [0, 0.05) is 35.4 Å². The molecule has 0 bridgehead atoms. The number of benzene rings is 2. The Morgan fingerprint density at radius 1 is 0.917 bits per heavy atom. The molecule has 0 fully saturated rings. The molecule has 0 saturated heterocycles. The lowest BCUT2D eigenvalue weighted by Crippen LogP contribution is -2.02. The molecule has 2 aromatic heterocycles. The van der Waals surface area contributed by atoms with E-state index in [1.54, 1.807) is 0 Å². The summed E-state index contributed by atoms with van der Waals surface area (Å²) in [5, 5.41) is 1.23. The first kappa shape index (κ1) is 14.5. The summed E-state index contributed by atoms with van der Waals surface area (Å²) in [7, 11) is 0. The van der Waals surface area contributed by atoms with Crippen LogP contribution in [0.15, 0.2) is 79.1 Å². The zero-order chi connectivity index (χ0) is 16.2. The Balaban J connectivity index is 1.52. The highest BCUT2D eigenvalue weighted by Crippen LogP contribution is 2.30. The van der Waals surface area contributed by atoms with Crippen LogP contribution in [-0.4, -0.2) is 16.6 Å². The molecule has 3 nitrogen and oxygen atoms in total. The van der Waals surface area contributed by atoms with Crippen molar-refractivity contribution in [3.8, 4) is 16.9 Å². The van der Waals surface area contributed by atoms with Gasteiger partial charge < -0.3 is 9.72 Å². The van der Waals surface area contributed by atoms with Crippen LogP contribution in [0.3, 0.4) is 0 Å². The SMILES string of the molecule is c1ccc(CCOc2cccc(-c3cccc4[nH]ccc34)c2)nc1. The fraction of sp³-hybridized carbons (Fsp3) is 0.0952. The highest BCUT2D eigenvalue weighted by atomic mass is 16.5. The quantitative estimate of drug-likeness (QED) is 0.572. The van der Waals surface area contributed by atoms with Crippen molar-refractivity contribution in [3.63, 3.8) is 0 Å². The van der Waals surface area contributed by atoms with Crippen molar-refractivity contribution in [2.75, 3.05) is 6.61 Å². The first-order valence-corrected chi connectivity index (χ1v) is 8.09. The number of aromatic amines is 1.